The molecule has 0 heterocycles. The smallest absolute Gasteiger partial charge is 0.234 e. The van der Waals surface area contributed by atoms with Gasteiger partial charge in [0.2, 0.25) is 5.91 Å². The molecule has 3 nitrogen and oxygen atoms in total. The number of hydrogen-bond donors (Lipinski definition) is 2. The van der Waals surface area contributed by atoms with Gasteiger partial charge in [0.15, 0.2) is 0 Å². The van der Waals surface area contributed by atoms with E-state index in [4.69, 9.17) is 18.0 Å². The van der Waals surface area contributed by atoms with Crippen molar-refractivity contribution in [2.75, 3.05) is 5.32 Å². The van der Waals surface area contributed by atoms with E-state index in [1.165, 1.54) is 0 Å². The molecule has 4 heteroatoms. The fourth-order valence-corrected chi connectivity index (χ4v) is 1.59. The van der Waals surface area contributed by atoms with Crippen LogP contribution in [0.15, 0.2) is 24.3 Å². The van der Waals surface area contributed by atoms with Crippen molar-refractivity contribution in [1.29, 1.82) is 0 Å². The van der Waals surface area contributed by atoms with Crippen molar-refractivity contribution in [2.24, 2.45) is 11.7 Å². The highest BCUT2D eigenvalue weighted by Crippen LogP contribution is 2.24. The van der Waals surface area contributed by atoms with Gasteiger partial charge in [-0.15, -0.1) is 0 Å². The zero-order valence-corrected chi connectivity index (χ0v) is 11.2. The Balaban J connectivity index is 2.88. The van der Waals surface area contributed by atoms with Crippen LogP contribution in [0.2, 0.25) is 0 Å². The number of rotatable bonds is 4. The molecule has 0 aliphatic rings. The van der Waals surface area contributed by atoms with Crippen molar-refractivity contribution in [3.8, 4) is 0 Å². The Hall–Kier alpha value is -1.42. The Labute approximate surface area is 107 Å². The second-order valence-electron chi connectivity index (χ2n) is 4.36. The van der Waals surface area contributed by atoms with Crippen molar-refractivity contribution in [2.45, 2.75) is 26.7 Å². The maximum atomic E-state index is 11.9. The number of amides is 1. The molecule has 0 radical (unpaired) electrons. The largest absolute Gasteiger partial charge is 0.393 e. The van der Waals surface area contributed by atoms with Gasteiger partial charge < -0.3 is 11.1 Å². The van der Waals surface area contributed by atoms with Crippen LogP contribution in [-0.2, 0) is 4.79 Å². The molecule has 1 aromatic carbocycles. The number of benzene rings is 1. The van der Waals surface area contributed by atoms with Gasteiger partial charge in [0.1, 0.15) is 0 Å². The summed E-state index contributed by atoms with van der Waals surface area (Å²) >= 11 is 4.81. The second-order valence-corrected chi connectivity index (χ2v) is 4.83. The summed E-state index contributed by atoms with van der Waals surface area (Å²) in [7, 11) is 0. The number of para-hydroxylation sites is 1. The number of anilines is 1. The van der Waals surface area contributed by atoms with Crippen LogP contribution >= 0.6 is 12.2 Å². The van der Waals surface area contributed by atoms with Gasteiger partial charge in [0, 0.05) is 5.69 Å². The van der Waals surface area contributed by atoms with Gasteiger partial charge in [0.25, 0.3) is 0 Å². The average Bonchev–Trinajstić information content (AvgIpc) is 2.28. The predicted octanol–water partition coefficient (Wildman–Crippen LogP) is 2.67. The molecular weight excluding hydrogens is 232 g/mol. The fraction of sp³-hybridized carbons (Fsp3) is 0.385. The first-order valence-electron chi connectivity index (χ1n) is 5.62. The minimum Gasteiger partial charge on any atom is -0.393 e. The van der Waals surface area contributed by atoms with E-state index in [2.05, 4.69) is 19.2 Å². The van der Waals surface area contributed by atoms with Crippen LogP contribution in [0.1, 0.15) is 32.3 Å². The third kappa shape index (κ3) is 3.53. The van der Waals surface area contributed by atoms with Crippen LogP contribution in [0, 0.1) is 5.92 Å². The van der Waals surface area contributed by atoms with Crippen LogP contribution in [0.25, 0.3) is 0 Å². The van der Waals surface area contributed by atoms with Crippen LogP contribution in [0.5, 0.6) is 0 Å². The summed E-state index contributed by atoms with van der Waals surface area (Å²) in [6.07, 6.45) is 0. The van der Waals surface area contributed by atoms with Gasteiger partial charge in [-0.25, -0.2) is 0 Å². The van der Waals surface area contributed by atoms with Crippen molar-refractivity contribution < 1.29 is 4.79 Å². The maximum Gasteiger partial charge on any atom is 0.234 e. The van der Waals surface area contributed by atoms with Gasteiger partial charge in [-0.1, -0.05) is 44.3 Å². The topological polar surface area (TPSA) is 55.1 Å². The summed E-state index contributed by atoms with van der Waals surface area (Å²) in [5.41, 5.74) is 7.40. The van der Waals surface area contributed by atoms with Gasteiger partial charge in [-0.05, 0) is 24.5 Å². The van der Waals surface area contributed by atoms with Gasteiger partial charge in [-0.3, -0.25) is 4.79 Å². The van der Waals surface area contributed by atoms with Crippen molar-refractivity contribution >= 4 is 28.8 Å². The quantitative estimate of drug-likeness (QED) is 0.808. The molecule has 1 atom stereocenters. The van der Waals surface area contributed by atoms with Crippen molar-refractivity contribution in [1.82, 2.24) is 0 Å². The lowest BCUT2D eigenvalue weighted by molar-refractivity contribution is -0.117. The van der Waals surface area contributed by atoms with Crippen molar-refractivity contribution in [3.05, 3.63) is 29.8 Å². The number of carbonyl (C=O) groups is 1. The highest BCUT2D eigenvalue weighted by molar-refractivity contribution is 7.80. The molecule has 0 spiro atoms. The van der Waals surface area contributed by atoms with E-state index in [1.54, 1.807) is 6.92 Å². The Bertz CT molecular complexity index is 429. The lowest BCUT2D eigenvalue weighted by Crippen LogP contribution is -2.31. The van der Waals surface area contributed by atoms with Gasteiger partial charge in [0.05, 0.1) is 10.9 Å². The number of nitrogens with one attached hydrogen (secondary N) is 1. The number of thiocarbonyl (C=S) groups is 1. The molecule has 0 aliphatic heterocycles. The van der Waals surface area contributed by atoms with E-state index in [1.807, 2.05) is 24.3 Å². The van der Waals surface area contributed by atoms with Crippen molar-refractivity contribution in [3.63, 3.8) is 0 Å². The van der Waals surface area contributed by atoms with E-state index < -0.39 is 5.92 Å². The van der Waals surface area contributed by atoms with E-state index in [0.29, 0.717) is 5.92 Å². The first-order valence-corrected chi connectivity index (χ1v) is 6.03. The third-order valence-electron chi connectivity index (χ3n) is 2.66. The summed E-state index contributed by atoms with van der Waals surface area (Å²) in [4.78, 5) is 12.1. The first kappa shape index (κ1) is 13.6. The van der Waals surface area contributed by atoms with E-state index >= 15 is 0 Å². The Morgan fingerprint density at radius 2 is 1.88 bits per heavy atom. The summed E-state index contributed by atoms with van der Waals surface area (Å²) in [6, 6.07) is 7.75. The molecule has 1 aromatic rings. The molecule has 17 heavy (non-hydrogen) atoms. The minimum atomic E-state index is -0.454. The molecule has 0 bridgehead atoms. The third-order valence-corrected chi connectivity index (χ3v) is 3.01. The standard InChI is InChI=1S/C13H18N2OS/c1-8(2)10-6-4-5-7-11(10)15-13(16)9(3)12(14)17/h4-9H,1-3H3,(H2,14,17)(H,15,16). The Morgan fingerprint density at radius 1 is 1.29 bits per heavy atom. The number of carbonyl (C=O) groups excluding carboxylic acids is 1. The van der Waals surface area contributed by atoms with Gasteiger partial charge in [-0.2, -0.15) is 0 Å². The van der Waals surface area contributed by atoms with E-state index in [0.717, 1.165) is 11.3 Å². The molecule has 0 aromatic heterocycles. The van der Waals surface area contributed by atoms with E-state index in [-0.39, 0.29) is 10.9 Å². The van der Waals surface area contributed by atoms with Crippen LogP contribution in [0.3, 0.4) is 0 Å². The molecule has 0 saturated carbocycles. The highest BCUT2D eigenvalue weighted by atomic mass is 32.1. The normalized spacial score (nSPS) is 12.2. The summed E-state index contributed by atoms with van der Waals surface area (Å²) < 4.78 is 0. The summed E-state index contributed by atoms with van der Waals surface area (Å²) in [5, 5.41) is 2.87. The SMILES string of the molecule is CC(C(=O)Nc1ccccc1C(C)C)C(N)=S. The molecule has 0 fully saturated rings. The summed E-state index contributed by atoms with van der Waals surface area (Å²) in [6.45, 7) is 5.87. The minimum absolute atomic E-state index is 0.161. The first-order chi connectivity index (χ1) is 7.93. The monoisotopic (exact) mass is 250 g/mol. The lowest BCUT2D eigenvalue weighted by Gasteiger charge is -2.15. The fourth-order valence-electron chi connectivity index (χ4n) is 1.48. The molecule has 1 amide bonds. The van der Waals surface area contributed by atoms with Crippen LogP contribution < -0.4 is 11.1 Å². The van der Waals surface area contributed by atoms with Crippen LogP contribution in [-0.4, -0.2) is 10.9 Å². The molecule has 92 valence electrons. The van der Waals surface area contributed by atoms with Crippen LogP contribution in [0.4, 0.5) is 5.69 Å². The molecule has 0 aliphatic carbocycles. The van der Waals surface area contributed by atoms with Gasteiger partial charge >= 0.3 is 0 Å². The second kappa shape index (κ2) is 5.77. The van der Waals surface area contributed by atoms with E-state index in [9.17, 15) is 4.79 Å². The zero-order valence-electron chi connectivity index (χ0n) is 10.4. The molecule has 1 rings (SSSR count). The Kier molecular flexibility index (Phi) is 4.63. The highest BCUT2D eigenvalue weighted by Gasteiger charge is 2.17. The molecule has 1 unspecified atom stereocenters. The number of nitrogens with two attached hydrogens (primary N) is 1. The predicted molar refractivity (Wildman–Crippen MR) is 75.1 cm³/mol. The lowest BCUT2D eigenvalue weighted by atomic mass is 10.0. The number of hydrogen-bond acceptors (Lipinski definition) is 2. The zero-order chi connectivity index (χ0) is 13.0. The molecule has 0 saturated heterocycles. The Morgan fingerprint density at radius 3 is 2.41 bits per heavy atom. The summed E-state index contributed by atoms with van der Waals surface area (Å²) in [5.74, 6) is -0.262. The molecule has 3 N–H and O–H groups in total. The molecular formula is C13H18N2OS. The maximum absolute atomic E-state index is 11.9. The average molecular weight is 250 g/mol.